The van der Waals surface area contributed by atoms with Gasteiger partial charge in [-0.1, -0.05) is 13.8 Å². The first kappa shape index (κ1) is 18.0. The predicted octanol–water partition coefficient (Wildman–Crippen LogP) is 1.55. The standard InChI is InChI=1S/C17H26N6OS/c1-10(2)16(17-22-21-14-5-6-18-7-8-23(14)17)20-15(24)9-13-11(3)25-12(4)19-13/h10,16,18H,5-9H2,1-4H3,(H,20,24)/t16-/m1/s1. The van der Waals surface area contributed by atoms with Crippen molar-refractivity contribution in [2.75, 3.05) is 13.1 Å². The van der Waals surface area contributed by atoms with Crippen molar-refractivity contribution in [1.29, 1.82) is 0 Å². The second-order valence-electron chi connectivity index (χ2n) is 6.83. The van der Waals surface area contributed by atoms with Gasteiger partial charge in [0.25, 0.3) is 0 Å². The summed E-state index contributed by atoms with van der Waals surface area (Å²) in [6, 6.07) is -0.146. The number of nitrogens with one attached hydrogen (secondary N) is 2. The summed E-state index contributed by atoms with van der Waals surface area (Å²) in [6.45, 7) is 10.8. The van der Waals surface area contributed by atoms with E-state index in [-0.39, 0.29) is 17.9 Å². The minimum atomic E-state index is -0.146. The Kier molecular flexibility index (Phi) is 5.48. The fourth-order valence-corrected chi connectivity index (χ4v) is 4.00. The summed E-state index contributed by atoms with van der Waals surface area (Å²) < 4.78 is 2.16. The van der Waals surface area contributed by atoms with Crippen LogP contribution in [0.3, 0.4) is 0 Å². The molecule has 1 amide bonds. The molecule has 0 aliphatic carbocycles. The summed E-state index contributed by atoms with van der Waals surface area (Å²) in [6.07, 6.45) is 1.17. The molecule has 136 valence electrons. The zero-order chi connectivity index (χ0) is 18.0. The highest BCUT2D eigenvalue weighted by atomic mass is 32.1. The molecule has 8 heteroatoms. The maximum absolute atomic E-state index is 12.6. The monoisotopic (exact) mass is 362 g/mol. The average molecular weight is 363 g/mol. The van der Waals surface area contributed by atoms with Crippen LogP contribution in [-0.2, 0) is 24.2 Å². The second kappa shape index (κ2) is 7.61. The average Bonchev–Trinajstić information content (AvgIpc) is 2.98. The molecule has 25 heavy (non-hydrogen) atoms. The summed E-state index contributed by atoms with van der Waals surface area (Å²) in [5.41, 5.74) is 0.867. The van der Waals surface area contributed by atoms with Gasteiger partial charge < -0.3 is 15.2 Å². The van der Waals surface area contributed by atoms with Gasteiger partial charge in [0.05, 0.1) is 23.2 Å². The molecule has 0 radical (unpaired) electrons. The van der Waals surface area contributed by atoms with Crippen LogP contribution < -0.4 is 10.6 Å². The Hall–Kier alpha value is -1.80. The number of fused-ring (bicyclic) bond motifs is 1. The van der Waals surface area contributed by atoms with Crippen molar-refractivity contribution < 1.29 is 4.79 Å². The molecule has 0 saturated carbocycles. The maximum atomic E-state index is 12.6. The number of nitrogens with zero attached hydrogens (tertiary/aromatic N) is 4. The third-order valence-corrected chi connectivity index (χ3v) is 5.41. The molecule has 1 aliphatic rings. The highest BCUT2D eigenvalue weighted by Gasteiger charge is 2.26. The van der Waals surface area contributed by atoms with Crippen LogP contribution in [0.25, 0.3) is 0 Å². The zero-order valence-corrected chi connectivity index (χ0v) is 16.1. The van der Waals surface area contributed by atoms with Crippen molar-refractivity contribution in [2.24, 2.45) is 5.92 Å². The van der Waals surface area contributed by atoms with Gasteiger partial charge in [-0.25, -0.2) is 4.98 Å². The number of rotatable bonds is 5. The number of thiazole rings is 1. The Morgan fingerprint density at radius 2 is 2.12 bits per heavy atom. The van der Waals surface area contributed by atoms with Crippen molar-refractivity contribution in [3.8, 4) is 0 Å². The topological polar surface area (TPSA) is 84.7 Å². The fourth-order valence-electron chi connectivity index (χ4n) is 3.17. The van der Waals surface area contributed by atoms with Crippen LogP contribution in [0.15, 0.2) is 0 Å². The van der Waals surface area contributed by atoms with Crippen molar-refractivity contribution in [3.05, 3.63) is 27.2 Å². The molecular formula is C17H26N6OS. The molecule has 0 saturated heterocycles. The van der Waals surface area contributed by atoms with E-state index in [0.717, 1.165) is 53.3 Å². The molecule has 0 spiro atoms. The second-order valence-corrected chi connectivity index (χ2v) is 8.24. The van der Waals surface area contributed by atoms with Gasteiger partial charge in [-0.05, 0) is 19.8 Å². The van der Waals surface area contributed by atoms with E-state index >= 15 is 0 Å². The molecule has 2 N–H and O–H groups in total. The van der Waals surface area contributed by atoms with Gasteiger partial charge in [0.15, 0.2) is 5.82 Å². The molecule has 7 nitrogen and oxygen atoms in total. The van der Waals surface area contributed by atoms with Crippen molar-refractivity contribution in [3.63, 3.8) is 0 Å². The smallest absolute Gasteiger partial charge is 0.226 e. The van der Waals surface area contributed by atoms with Crippen LogP contribution in [0.1, 0.15) is 47.1 Å². The Labute approximate surface area is 152 Å². The van der Waals surface area contributed by atoms with E-state index in [0.29, 0.717) is 6.42 Å². The largest absolute Gasteiger partial charge is 0.345 e. The highest BCUT2D eigenvalue weighted by molar-refractivity contribution is 7.11. The quantitative estimate of drug-likeness (QED) is 0.843. The SMILES string of the molecule is Cc1nc(CC(=O)N[C@@H](c2nnc3n2CCNCC3)C(C)C)c(C)s1. The van der Waals surface area contributed by atoms with Gasteiger partial charge in [-0.15, -0.1) is 21.5 Å². The Morgan fingerprint density at radius 3 is 2.80 bits per heavy atom. The summed E-state index contributed by atoms with van der Waals surface area (Å²) in [5, 5.41) is 16.3. The maximum Gasteiger partial charge on any atom is 0.226 e. The third-order valence-electron chi connectivity index (χ3n) is 4.48. The first-order valence-corrected chi connectivity index (χ1v) is 9.62. The molecule has 2 aromatic heterocycles. The summed E-state index contributed by atoms with van der Waals surface area (Å²) >= 11 is 1.63. The lowest BCUT2D eigenvalue weighted by atomic mass is 10.0. The third kappa shape index (κ3) is 4.07. The van der Waals surface area contributed by atoms with E-state index in [1.165, 1.54) is 0 Å². The number of aromatic nitrogens is 4. The van der Waals surface area contributed by atoms with Crippen LogP contribution in [0.2, 0.25) is 0 Å². The summed E-state index contributed by atoms with van der Waals surface area (Å²) in [7, 11) is 0. The van der Waals surface area contributed by atoms with Crippen LogP contribution >= 0.6 is 11.3 Å². The van der Waals surface area contributed by atoms with E-state index < -0.39 is 0 Å². The number of amides is 1. The Balaban J connectivity index is 1.77. The fraction of sp³-hybridized carbons (Fsp3) is 0.647. The lowest BCUT2D eigenvalue weighted by Gasteiger charge is -2.22. The van der Waals surface area contributed by atoms with Gasteiger partial charge in [-0.3, -0.25) is 4.79 Å². The van der Waals surface area contributed by atoms with Crippen molar-refractivity contribution in [2.45, 2.75) is 53.1 Å². The number of hydrogen-bond donors (Lipinski definition) is 2. The van der Waals surface area contributed by atoms with E-state index in [1.54, 1.807) is 11.3 Å². The van der Waals surface area contributed by atoms with Crippen LogP contribution in [0, 0.1) is 19.8 Å². The lowest BCUT2D eigenvalue weighted by Crippen LogP contribution is -2.35. The van der Waals surface area contributed by atoms with E-state index in [1.807, 2.05) is 13.8 Å². The van der Waals surface area contributed by atoms with Crippen LogP contribution in [0.4, 0.5) is 0 Å². The molecule has 0 aromatic carbocycles. The first-order valence-electron chi connectivity index (χ1n) is 8.80. The minimum absolute atomic E-state index is 0.0174. The number of hydrogen-bond acceptors (Lipinski definition) is 6. The Morgan fingerprint density at radius 1 is 1.32 bits per heavy atom. The molecular weight excluding hydrogens is 336 g/mol. The predicted molar refractivity (Wildman–Crippen MR) is 97.6 cm³/mol. The van der Waals surface area contributed by atoms with Gasteiger partial charge in [0.2, 0.25) is 5.91 Å². The summed E-state index contributed by atoms with van der Waals surface area (Å²) in [4.78, 5) is 18.2. The van der Waals surface area contributed by atoms with E-state index in [4.69, 9.17) is 0 Å². The van der Waals surface area contributed by atoms with Gasteiger partial charge in [0, 0.05) is 30.9 Å². The molecule has 1 aliphatic heterocycles. The molecule has 3 heterocycles. The molecule has 1 atom stereocenters. The van der Waals surface area contributed by atoms with Gasteiger partial charge >= 0.3 is 0 Å². The van der Waals surface area contributed by atoms with Crippen LogP contribution in [0.5, 0.6) is 0 Å². The zero-order valence-electron chi connectivity index (χ0n) is 15.3. The Bertz CT molecular complexity index is 750. The van der Waals surface area contributed by atoms with Gasteiger partial charge in [0.1, 0.15) is 5.82 Å². The normalized spacial score (nSPS) is 15.7. The molecule has 0 unspecified atom stereocenters. The first-order chi connectivity index (χ1) is 12.0. The van der Waals surface area contributed by atoms with E-state index in [9.17, 15) is 4.79 Å². The molecule has 2 aromatic rings. The lowest BCUT2D eigenvalue weighted by molar-refractivity contribution is -0.121. The number of aryl methyl sites for hydroxylation is 2. The molecule has 0 bridgehead atoms. The number of carbonyl (C=O) groups is 1. The minimum Gasteiger partial charge on any atom is -0.345 e. The van der Waals surface area contributed by atoms with Crippen LogP contribution in [-0.4, -0.2) is 38.7 Å². The van der Waals surface area contributed by atoms with E-state index in [2.05, 4.69) is 44.2 Å². The molecule has 3 rings (SSSR count). The summed E-state index contributed by atoms with van der Waals surface area (Å²) in [5.74, 6) is 2.06. The number of carbonyl (C=O) groups excluding carboxylic acids is 1. The van der Waals surface area contributed by atoms with Crippen molar-refractivity contribution >= 4 is 17.2 Å². The highest BCUT2D eigenvalue weighted by Crippen LogP contribution is 2.23. The van der Waals surface area contributed by atoms with Crippen molar-refractivity contribution in [1.82, 2.24) is 30.4 Å². The molecule has 0 fully saturated rings. The van der Waals surface area contributed by atoms with Gasteiger partial charge in [-0.2, -0.15) is 0 Å².